The van der Waals surface area contributed by atoms with Crippen molar-refractivity contribution < 1.29 is 42.1 Å². The van der Waals surface area contributed by atoms with Gasteiger partial charge in [0.25, 0.3) is 0 Å². The summed E-state index contributed by atoms with van der Waals surface area (Å²) < 4.78 is 17.3. The van der Waals surface area contributed by atoms with Gasteiger partial charge in [-0.1, -0.05) is 0 Å². The zero-order valence-corrected chi connectivity index (χ0v) is 20.4. The number of hydrogen-bond acceptors (Lipinski definition) is 6. The molecule has 0 saturated heterocycles. The van der Waals surface area contributed by atoms with E-state index in [2.05, 4.69) is 0 Å². The molecule has 0 fully saturated rings. The molecular weight excluding hydrogens is 444 g/mol. The van der Waals surface area contributed by atoms with Crippen molar-refractivity contribution in [2.45, 2.75) is 63.5 Å². The minimum absolute atomic E-state index is 0.152. The van der Waals surface area contributed by atoms with Crippen LogP contribution in [0.1, 0.15) is 74.6 Å². The second kappa shape index (κ2) is 10.9. The number of rotatable bonds is 10. The Morgan fingerprint density at radius 2 is 1.00 bits per heavy atom. The van der Waals surface area contributed by atoms with Crippen LogP contribution in [0.25, 0.3) is 11.1 Å². The first kappa shape index (κ1) is 24.2. The van der Waals surface area contributed by atoms with Crippen LogP contribution in [0.2, 0.25) is 0 Å². The average molecular weight is 474 g/mol. The van der Waals surface area contributed by atoms with E-state index in [1.807, 2.05) is 69.3 Å². The van der Waals surface area contributed by atoms with Crippen molar-refractivity contribution in [3.63, 3.8) is 0 Å². The first-order valence-corrected chi connectivity index (χ1v) is 14.1. The maximum absolute atomic E-state index is 12.8. The summed E-state index contributed by atoms with van der Waals surface area (Å²) in [7, 11) is 0. The summed E-state index contributed by atoms with van der Waals surface area (Å²) in [5.74, 6) is -1.53. The SMILES string of the molecule is CCCC(=O)[O][Ti]([O]C(=O)CCC)([O]C(=O)CCC)[CH]1c2ccccc2-c2ccccc21. The Hall–Kier alpha value is -2.44. The molecule has 2 aromatic rings. The van der Waals surface area contributed by atoms with E-state index in [4.69, 9.17) is 9.96 Å². The molecule has 0 saturated carbocycles. The van der Waals surface area contributed by atoms with Crippen LogP contribution in [0.3, 0.4) is 0 Å². The molecule has 0 atom stereocenters. The normalized spacial score (nSPS) is 12.6. The van der Waals surface area contributed by atoms with Crippen molar-refractivity contribution in [3.8, 4) is 11.1 Å². The molecule has 170 valence electrons. The van der Waals surface area contributed by atoms with Crippen LogP contribution < -0.4 is 0 Å². The summed E-state index contributed by atoms with van der Waals surface area (Å²) in [4.78, 5) is 38.3. The second-order valence-corrected chi connectivity index (χ2v) is 11.6. The van der Waals surface area contributed by atoms with Crippen LogP contribution in [0, 0.1) is 0 Å². The summed E-state index contributed by atoms with van der Waals surface area (Å²) in [6, 6.07) is 15.5. The maximum atomic E-state index is 12.8. The average Bonchev–Trinajstić information content (AvgIpc) is 3.09. The van der Waals surface area contributed by atoms with Gasteiger partial charge in [0.1, 0.15) is 0 Å². The molecule has 0 N–H and O–H groups in total. The van der Waals surface area contributed by atoms with E-state index < -0.39 is 39.9 Å². The van der Waals surface area contributed by atoms with E-state index in [0.717, 1.165) is 22.3 Å². The first-order chi connectivity index (χ1) is 15.5. The van der Waals surface area contributed by atoms with Gasteiger partial charge in [0, 0.05) is 0 Å². The summed E-state index contributed by atoms with van der Waals surface area (Å²) in [5.41, 5.74) is 3.64. The van der Waals surface area contributed by atoms with Crippen LogP contribution in [0.4, 0.5) is 0 Å². The van der Waals surface area contributed by atoms with Gasteiger partial charge in [0.2, 0.25) is 0 Å². The van der Waals surface area contributed by atoms with E-state index in [-0.39, 0.29) is 19.3 Å². The topological polar surface area (TPSA) is 78.9 Å². The van der Waals surface area contributed by atoms with Crippen molar-refractivity contribution in [2.75, 3.05) is 0 Å². The third-order valence-corrected chi connectivity index (χ3v) is 9.79. The molecule has 0 heterocycles. The van der Waals surface area contributed by atoms with Crippen molar-refractivity contribution in [1.82, 2.24) is 0 Å². The summed E-state index contributed by atoms with van der Waals surface area (Å²) in [6.45, 7) is 5.59. The molecule has 1 aliphatic rings. The van der Waals surface area contributed by atoms with Gasteiger partial charge >= 0.3 is 194 Å². The van der Waals surface area contributed by atoms with Crippen molar-refractivity contribution in [1.29, 1.82) is 0 Å². The summed E-state index contributed by atoms with van der Waals surface area (Å²) in [6.07, 6.45) is 2.17. The molecule has 0 unspecified atom stereocenters. The van der Waals surface area contributed by atoms with Crippen LogP contribution >= 0.6 is 0 Å². The van der Waals surface area contributed by atoms with Gasteiger partial charge in [-0.05, 0) is 0 Å². The van der Waals surface area contributed by atoms with Crippen LogP contribution in [0.5, 0.6) is 0 Å². The Morgan fingerprint density at radius 1 is 0.656 bits per heavy atom. The molecule has 0 radical (unpaired) electrons. The molecule has 0 spiro atoms. The van der Waals surface area contributed by atoms with Crippen molar-refractivity contribution in [2.24, 2.45) is 0 Å². The van der Waals surface area contributed by atoms with E-state index in [1.54, 1.807) is 0 Å². The third kappa shape index (κ3) is 5.13. The Kier molecular flexibility index (Phi) is 8.27. The van der Waals surface area contributed by atoms with Crippen LogP contribution in [-0.2, 0) is 42.1 Å². The van der Waals surface area contributed by atoms with Crippen LogP contribution in [-0.4, -0.2) is 17.9 Å². The number of carbonyl (C=O) groups excluding carboxylic acids is 3. The Balaban J connectivity index is 2.20. The van der Waals surface area contributed by atoms with E-state index in [0.29, 0.717) is 19.3 Å². The minimum atomic E-state index is -4.91. The number of fused-ring (bicyclic) bond motifs is 3. The summed E-state index contributed by atoms with van der Waals surface area (Å²) >= 11 is -4.91. The Bertz CT molecular complexity index is 890. The number of benzene rings is 2. The monoisotopic (exact) mass is 474 g/mol. The molecule has 1 aliphatic carbocycles. The fraction of sp³-hybridized carbons (Fsp3) is 0.400. The fourth-order valence-corrected chi connectivity index (χ4v) is 8.71. The van der Waals surface area contributed by atoms with Gasteiger partial charge in [0.15, 0.2) is 0 Å². The number of hydrogen-bond donors (Lipinski definition) is 0. The molecule has 0 aromatic heterocycles. The molecule has 3 rings (SSSR count). The Labute approximate surface area is 194 Å². The van der Waals surface area contributed by atoms with Gasteiger partial charge in [-0.15, -0.1) is 0 Å². The molecular formula is C25H30O6Ti. The van der Waals surface area contributed by atoms with Gasteiger partial charge < -0.3 is 0 Å². The predicted octanol–water partition coefficient (Wildman–Crippen LogP) is 5.69. The zero-order chi connectivity index (χ0) is 23.1. The zero-order valence-electron chi connectivity index (χ0n) is 18.9. The van der Waals surface area contributed by atoms with Gasteiger partial charge in [0.05, 0.1) is 0 Å². The first-order valence-electron chi connectivity index (χ1n) is 11.3. The second-order valence-electron chi connectivity index (χ2n) is 7.88. The van der Waals surface area contributed by atoms with E-state index in [9.17, 15) is 14.4 Å². The fourth-order valence-electron chi connectivity index (χ4n) is 4.02. The van der Waals surface area contributed by atoms with Crippen LogP contribution in [0.15, 0.2) is 48.5 Å². The van der Waals surface area contributed by atoms with E-state index in [1.165, 1.54) is 0 Å². The van der Waals surface area contributed by atoms with Gasteiger partial charge in [-0.3, -0.25) is 0 Å². The molecule has 7 heteroatoms. The molecule has 6 nitrogen and oxygen atoms in total. The van der Waals surface area contributed by atoms with Gasteiger partial charge in [-0.25, -0.2) is 0 Å². The Morgan fingerprint density at radius 3 is 1.34 bits per heavy atom. The van der Waals surface area contributed by atoms with Crippen molar-refractivity contribution in [3.05, 3.63) is 59.7 Å². The quantitative estimate of drug-likeness (QED) is 0.412. The molecule has 32 heavy (non-hydrogen) atoms. The number of carbonyl (C=O) groups is 3. The molecule has 2 aromatic carbocycles. The van der Waals surface area contributed by atoms with Gasteiger partial charge in [-0.2, -0.15) is 0 Å². The van der Waals surface area contributed by atoms with E-state index >= 15 is 0 Å². The molecule has 0 bridgehead atoms. The molecule has 0 amide bonds. The standard InChI is InChI=1S/C13H9.3C4H8O2.Ti/c1-3-7-12-10(5-1)9-11-6-2-4-8-13(11)12;3*1-2-3-4(5)6;/h1-9H;3*2-3H2,1H3,(H,5,6);/q;;;;+3/p-3. The predicted molar refractivity (Wildman–Crippen MR) is 117 cm³/mol. The molecule has 0 aliphatic heterocycles. The third-order valence-electron chi connectivity index (χ3n) is 5.32. The van der Waals surface area contributed by atoms with Crippen molar-refractivity contribution >= 4 is 17.9 Å². The summed E-state index contributed by atoms with van der Waals surface area (Å²) in [5, 5.41) is 0.